The Morgan fingerprint density at radius 2 is 0.485 bits per heavy atom. The van der Waals surface area contributed by atoms with E-state index in [-0.39, 0.29) is 102 Å². The zero-order valence-corrected chi connectivity index (χ0v) is 42.6. The molecule has 0 spiro atoms. The van der Waals surface area contributed by atoms with Crippen LogP contribution in [0, 0.1) is 0 Å². The van der Waals surface area contributed by atoms with Crippen molar-refractivity contribution in [3.8, 4) is 55.6 Å². The number of hydrogen-bond acceptors (Lipinski definition) is 0. The summed E-state index contributed by atoms with van der Waals surface area (Å²) < 4.78 is 0. The van der Waals surface area contributed by atoms with Gasteiger partial charge in [-0.3, -0.25) is 40.5 Å². The van der Waals surface area contributed by atoms with Crippen molar-refractivity contribution in [2.45, 2.75) is 0 Å². The first-order valence-corrected chi connectivity index (χ1v) is 20.4. The first-order chi connectivity index (χ1) is 29.9. The van der Waals surface area contributed by atoms with Gasteiger partial charge in [-0.1, -0.05) is 0 Å². The third-order valence-corrected chi connectivity index (χ3v) is 9.42. The Kier molecular flexibility index (Phi) is 34.8. The molecule has 12 aromatic rings. The normalized spacial score (nSPS) is 8.79. The maximum absolute atomic E-state index is 2.25. The third-order valence-electron chi connectivity index (χ3n) is 9.42. The molecule has 12 rings (SSSR count). The fourth-order valence-electron chi connectivity index (χ4n) is 6.62. The second-order valence-corrected chi connectivity index (χ2v) is 13.5. The number of hydrogen-bond donors (Lipinski definition) is 0. The summed E-state index contributed by atoms with van der Waals surface area (Å²) in [5.41, 5.74) is 12.9. The minimum atomic E-state index is 0. The van der Waals surface area contributed by atoms with E-state index in [1.165, 1.54) is 55.6 Å². The van der Waals surface area contributed by atoms with Crippen molar-refractivity contribution in [2.24, 2.45) is 0 Å². The van der Waals surface area contributed by atoms with Crippen molar-refractivity contribution in [3.63, 3.8) is 0 Å². The van der Waals surface area contributed by atoms with Crippen LogP contribution >= 0.6 is 0 Å². The zero-order chi connectivity index (χ0) is 41.1. The maximum Gasteiger partial charge on any atom is 2.00 e. The van der Waals surface area contributed by atoms with Gasteiger partial charge in [0, 0.05) is 0 Å². The van der Waals surface area contributed by atoms with Crippen LogP contribution in [-0.4, -0.2) is 0 Å². The van der Waals surface area contributed by atoms with Gasteiger partial charge >= 0.3 is 102 Å². The van der Waals surface area contributed by atoms with Crippen LogP contribution in [-0.2, 0) is 102 Å². The van der Waals surface area contributed by atoms with E-state index < -0.39 is 0 Å². The predicted octanol–water partition coefficient (Wildman–Crippen LogP) is 16.8. The summed E-state index contributed by atoms with van der Waals surface area (Å²) in [6, 6.07) is 104. The van der Waals surface area contributed by atoms with Gasteiger partial charge in [-0.25, -0.2) is 162 Å². The van der Waals surface area contributed by atoms with Gasteiger partial charge in [0.1, 0.15) is 0 Å². The minimum Gasteiger partial charge on any atom is -0.302 e. The summed E-state index contributed by atoms with van der Waals surface area (Å²) in [4.78, 5) is 0. The van der Waals surface area contributed by atoms with Crippen molar-refractivity contribution in [1.29, 1.82) is 0 Å². The fraction of sp³-hybridized carbons (Fsp3) is 0. The van der Waals surface area contributed by atoms with Crippen LogP contribution in [0.4, 0.5) is 0 Å². The average Bonchev–Trinajstić information content (AvgIpc) is 4.14. The predicted molar refractivity (Wildman–Crippen MR) is 259 cm³/mol. The van der Waals surface area contributed by atoms with Gasteiger partial charge in [0.05, 0.1) is 0 Å². The van der Waals surface area contributed by atoms with E-state index in [0.717, 1.165) is 0 Å². The average molecular weight is 1110 g/mol. The smallest absolute Gasteiger partial charge is 0.302 e. The molecule has 0 nitrogen and oxygen atoms in total. The Balaban J connectivity index is 0.000000952. The second kappa shape index (κ2) is 37.4. The van der Waals surface area contributed by atoms with Crippen molar-refractivity contribution in [3.05, 3.63) is 303 Å². The van der Waals surface area contributed by atoms with Crippen LogP contribution in [0.5, 0.6) is 0 Å². The van der Waals surface area contributed by atoms with Gasteiger partial charge in [0.25, 0.3) is 0 Å². The summed E-state index contributed by atoms with van der Waals surface area (Å²) in [5.74, 6) is 0. The first-order valence-electron chi connectivity index (χ1n) is 20.4. The standard InChI is InChI=1S/C30H20.6C5H5.6Fe/c1-2-10-21(9-1)23-13-5-15-25(23)27-17-7-19-29(27)30-20-8-18-28(30)26-16-6-14-24(26)22-11-3-4-12-22;6*1-2-4-5-3-1;;;;;;/h1-20H;6*1-5H;;;;;;/q-6;6*-1;6*+2. The molecule has 0 atom stereocenters. The van der Waals surface area contributed by atoms with E-state index in [9.17, 15) is 0 Å². The van der Waals surface area contributed by atoms with Gasteiger partial charge in [-0.05, 0) is 0 Å². The van der Waals surface area contributed by atoms with E-state index in [2.05, 4.69) is 121 Å². The van der Waals surface area contributed by atoms with Gasteiger partial charge in [0.2, 0.25) is 0 Å². The molecule has 0 saturated heterocycles. The molecule has 0 amide bonds. The molecular formula is C60H50Fe6. The minimum absolute atomic E-state index is 0. The molecular weight excluding hydrogens is 1060 g/mol. The molecule has 0 bridgehead atoms. The van der Waals surface area contributed by atoms with E-state index in [1.807, 2.05) is 182 Å². The molecule has 0 unspecified atom stereocenters. The van der Waals surface area contributed by atoms with Crippen LogP contribution in [0.1, 0.15) is 0 Å². The summed E-state index contributed by atoms with van der Waals surface area (Å²) >= 11 is 0. The van der Waals surface area contributed by atoms with Crippen LogP contribution in [0.15, 0.2) is 303 Å². The Labute approximate surface area is 457 Å². The molecule has 0 radical (unpaired) electrons. The summed E-state index contributed by atoms with van der Waals surface area (Å²) in [6.07, 6.45) is 0. The van der Waals surface area contributed by atoms with E-state index >= 15 is 0 Å². The largest absolute Gasteiger partial charge is 2.00 e. The van der Waals surface area contributed by atoms with Crippen molar-refractivity contribution in [1.82, 2.24) is 0 Å². The summed E-state index contributed by atoms with van der Waals surface area (Å²) in [7, 11) is 0. The molecule has 12 aromatic carbocycles. The molecule has 0 fully saturated rings. The Morgan fingerprint density at radius 1 is 0.227 bits per heavy atom. The van der Waals surface area contributed by atoms with E-state index in [4.69, 9.17) is 0 Å². The molecule has 0 aliphatic heterocycles. The molecule has 0 N–H and O–H groups in total. The molecule has 6 heteroatoms. The van der Waals surface area contributed by atoms with Gasteiger partial charge in [-0.15, -0.1) is 12.1 Å². The van der Waals surface area contributed by atoms with Crippen molar-refractivity contribution < 1.29 is 102 Å². The van der Waals surface area contributed by atoms with Gasteiger partial charge < -0.3 is 6.07 Å². The third kappa shape index (κ3) is 20.5. The van der Waals surface area contributed by atoms with Gasteiger partial charge in [0.15, 0.2) is 0 Å². The summed E-state index contributed by atoms with van der Waals surface area (Å²) in [5, 5.41) is 0. The molecule has 66 heavy (non-hydrogen) atoms. The SMILES string of the molecule is [Fe+2].[Fe+2].[Fe+2].[Fe+2].[Fe+2].[Fe+2].c1cc[c-](-c2ccc[c-]2-c2ccc[c-]2-c2ccc[c-]2-c2ccc[c-]2-[c-]2cccc2)c1.c1cc[cH-]c1.c1cc[cH-]c1.c1cc[cH-]c1.c1cc[cH-]c1.c1cc[cH-]c1.c1cc[cH-]c1. The Morgan fingerprint density at radius 3 is 0.803 bits per heavy atom. The van der Waals surface area contributed by atoms with Crippen LogP contribution < -0.4 is 0 Å². The summed E-state index contributed by atoms with van der Waals surface area (Å²) in [6.45, 7) is 0. The van der Waals surface area contributed by atoms with Crippen LogP contribution in [0.25, 0.3) is 55.6 Å². The Hall–Kier alpha value is -4.68. The fourth-order valence-corrected chi connectivity index (χ4v) is 6.62. The Bertz CT molecular complexity index is 2190. The topological polar surface area (TPSA) is 0 Å². The first kappa shape index (κ1) is 61.3. The molecule has 0 heterocycles. The van der Waals surface area contributed by atoms with Crippen LogP contribution in [0.3, 0.4) is 0 Å². The zero-order valence-electron chi connectivity index (χ0n) is 36.0. The van der Waals surface area contributed by atoms with Crippen LogP contribution in [0.2, 0.25) is 0 Å². The number of rotatable bonds is 5. The monoisotopic (exact) mass is 1110 g/mol. The molecule has 0 aromatic heterocycles. The maximum atomic E-state index is 2.25. The molecule has 338 valence electrons. The molecule has 0 saturated carbocycles. The molecule has 0 aliphatic carbocycles. The van der Waals surface area contributed by atoms with E-state index in [0.29, 0.717) is 0 Å². The molecule has 0 aliphatic rings. The van der Waals surface area contributed by atoms with Gasteiger partial charge in [-0.2, -0.15) is 139 Å². The van der Waals surface area contributed by atoms with Crippen molar-refractivity contribution >= 4 is 0 Å². The van der Waals surface area contributed by atoms with Crippen molar-refractivity contribution in [2.75, 3.05) is 0 Å². The van der Waals surface area contributed by atoms with E-state index in [1.54, 1.807) is 0 Å². The second-order valence-electron chi connectivity index (χ2n) is 13.5. The quantitative estimate of drug-likeness (QED) is 0.119.